The highest BCUT2D eigenvalue weighted by Gasteiger charge is 2.28. The predicted molar refractivity (Wildman–Crippen MR) is 78.9 cm³/mol. The highest BCUT2D eigenvalue weighted by molar-refractivity contribution is 5.78. The first-order valence-corrected chi connectivity index (χ1v) is 7.41. The van der Waals surface area contributed by atoms with Gasteiger partial charge in [0.1, 0.15) is 0 Å². The molecule has 1 fully saturated rings. The highest BCUT2D eigenvalue weighted by atomic mass is 16.5. The van der Waals surface area contributed by atoms with Gasteiger partial charge in [0, 0.05) is 37.7 Å². The van der Waals surface area contributed by atoms with E-state index >= 15 is 0 Å². The number of anilines is 1. The fraction of sp³-hybridized carbons (Fsp3) is 0.562. The van der Waals surface area contributed by atoms with E-state index in [0.29, 0.717) is 18.4 Å². The van der Waals surface area contributed by atoms with Crippen LogP contribution >= 0.6 is 0 Å². The van der Waals surface area contributed by atoms with Gasteiger partial charge >= 0.3 is 0 Å². The second kappa shape index (κ2) is 5.83. The van der Waals surface area contributed by atoms with Gasteiger partial charge in [0.2, 0.25) is 5.91 Å². The van der Waals surface area contributed by atoms with Gasteiger partial charge < -0.3 is 15.4 Å². The number of hydrogen-bond donors (Lipinski definition) is 2. The highest BCUT2D eigenvalue weighted by Crippen LogP contribution is 2.33. The fourth-order valence-corrected chi connectivity index (χ4v) is 3.33. The Hall–Kier alpha value is -1.55. The molecule has 4 heteroatoms. The summed E-state index contributed by atoms with van der Waals surface area (Å²) in [6.45, 7) is 0.859. The molecule has 0 bridgehead atoms. The molecule has 108 valence electrons. The Labute approximate surface area is 119 Å². The molecule has 1 aliphatic carbocycles. The van der Waals surface area contributed by atoms with Crippen molar-refractivity contribution in [1.29, 1.82) is 0 Å². The van der Waals surface area contributed by atoms with E-state index in [-0.39, 0.29) is 11.9 Å². The zero-order valence-corrected chi connectivity index (χ0v) is 11.9. The summed E-state index contributed by atoms with van der Waals surface area (Å²) in [5, 5.41) is 6.52. The number of hydrogen-bond acceptors (Lipinski definition) is 3. The van der Waals surface area contributed by atoms with Crippen LogP contribution in [-0.2, 0) is 9.53 Å². The number of methoxy groups -OCH3 is 1. The van der Waals surface area contributed by atoms with Gasteiger partial charge in [0.15, 0.2) is 0 Å². The monoisotopic (exact) mass is 274 g/mol. The van der Waals surface area contributed by atoms with Crippen LogP contribution in [0.25, 0.3) is 0 Å². The minimum absolute atomic E-state index is 0.162. The number of amides is 1. The van der Waals surface area contributed by atoms with Crippen molar-refractivity contribution in [2.24, 2.45) is 0 Å². The third-order valence-electron chi connectivity index (χ3n) is 4.45. The summed E-state index contributed by atoms with van der Waals surface area (Å²) >= 11 is 0. The summed E-state index contributed by atoms with van der Waals surface area (Å²) in [4.78, 5) is 12.2. The van der Waals surface area contributed by atoms with E-state index in [0.717, 1.165) is 25.8 Å². The molecule has 1 saturated carbocycles. The first-order chi connectivity index (χ1) is 9.76. The fourth-order valence-electron chi connectivity index (χ4n) is 3.33. The number of ether oxygens (including phenoxy) is 1. The molecule has 1 aromatic rings. The van der Waals surface area contributed by atoms with E-state index in [2.05, 4.69) is 22.8 Å². The van der Waals surface area contributed by atoms with Crippen LogP contribution in [-0.4, -0.2) is 31.7 Å². The first kappa shape index (κ1) is 13.4. The summed E-state index contributed by atoms with van der Waals surface area (Å²) in [7, 11) is 1.75. The second-order valence-electron chi connectivity index (χ2n) is 5.80. The Kier molecular flexibility index (Phi) is 3.92. The lowest BCUT2D eigenvalue weighted by Crippen LogP contribution is -2.34. The van der Waals surface area contributed by atoms with Crippen molar-refractivity contribution in [2.75, 3.05) is 19.0 Å². The van der Waals surface area contributed by atoms with Gasteiger partial charge in [-0.25, -0.2) is 0 Å². The molecule has 0 radical (unpaired) electrons. The van der Waals surface area contributed by atoms with E-state index < -0.39 is 0 Å². The molecule has 1 amide bonds. The van der Waals surface area contributed by atoms with Crippen molar-refractivity contribution in [3.8, 4) is 0 Å². The van der Waals surface area contributed by atoms with Crippen molar-refractivity contribution >= 4 is 11.6 Å². The molecule has 4 nitrogen and oxygen atoms in total. The number of fused-ring (bicyclic) bond motifs is 1. The maximum absolute atomic E-state index is 12.2. The Morgan fingerprint density at radius 2 is 2.25 bits per heavy atom. The van der Waals surface area contributed by atoms with Gasteiger partial charge in [-0.15, -0.1) is 0 Å². The van der Waals surface area contributed by atoms with Crippen LogP contribution in [0, 0.1) is 0 Å². The van der Waals surface area contributed by atoms with Gasteiger partial charge in [-0.05, 0) is 30.9 Å². The molecule has 3 atom stereocenters. The third kappa shape index (κ3) is 2.80. The molecule has 1 aromatic carbocycles. The molecule has 0 aromatic heterocycles. The molecule has 20 heavy (non-hydrogen) atoms. The normalized spacial score (nSPS) is 27.9. The van der Waals surface area contributed by atoms with Gasteiger partial charge in [-0.3, -0.25) is 4.79 Å². The molecule has 2 aliphatic rings. The Balaban J connectivity index is 1.53. The Morgan fingerprint density at radius 3 is 3.05 bits per heavy atom. The average molecular weight is 274 g/mol. The lowest BCUT2D eigenvalue weighted by Gasteiger charge is -2.15. The maximum atomic E-state index is 12.2. The number of carbonyl (C=O) groups is 1. The third-order valence-corrected chi connectivity index (χ3v) is 4.45. The van der Waals surface area contributed by atoms with Gasteiger partial charge in [-0.2, -0.15) is 0 Å². The lowest BCUT2D eigenvalue weighted by atomic mass is 9.97. The van der Waals surface area contributed by atoms with E-state index in [1.54, 1.807) is 7.11 Å². The summed E-state index contributed by atoms with van der Waals surface area (Å²) in [6, 6.07) is 8.54. The molecule has 3 rings (SSSR count). The first-order valence-electron chi connectivity index (χ1n) is 7.41. The Bertz CT molecular complexity index is 489. The number of rotatable bonds is 4. The summed E-state index contributed by atoms with van der Waals surface area (Å²) in [6.07, 6.45) is 3.91. The maximum Gasteiger partial charge on any atom is 0.220 e. The van der Waals surface area contributed by atoms with Crippen LogP contribution in [0.2, 0.25) is 0 Å². The van der Waals surface area contributed by atoms with E-state index in [9.17, 15) is 4.79 Å². The molecule has 0 saturated heterocycles. The van der Waals surface area contributed by atoms with E-state index in [1.165, 1.54) is 11.3 Å². The number of benzene rings is 1. The van der Waals surface area contributed by atoms with Crippen molar-refractivity contribution < 1.29 is 9.53 Å². The van der Waals surface area contributed by atoms with Gasteiger partial charge in [0.25, 0.3) is 0 Å². The van der Waals surface area contributed by atoms with Crippen LogP contribution < -0.4 is 10.6 Å². The van der Waals surface area contributed by atoms with Crippen molar-refractivity contribution in [3.63, 3.8) is 0 Å². The lowest BCUT2D eigenvalue weighted by molar-refractivity contribution is -0.122. The van der Waals surface area contributed by atoms with Crippen molar-refractivity contribution in [2.45, 2.75) is 43.7 Å². The largest absolute Gasteiger partial charge is 0.384 e. The molecular weight excluding hydrogens is 252 g/mol. The average Bonchev–Trinajstić information content (AvgIpc) is 3.06. The van der Waals surface area contributed by atoms with Crippen LogP contribution in [0.15, 0.2) is 24.3 Å². The van der Waals surface area contributed by atoms with E-state index in [1.807, 2.05) is 12.1 Å². The molecule has 1 aliphatic heterocycles. The topological polar surface area (TPSA) is 50.4 Å². The molecular formula is C16H22N2O2. The predicted octanol–water partition coefficient (Wildman–Crippen LogP) is 2.27. The van der Waals surface area contributed by atoms with Crippen molar-refractivity contribution in [1.82, 2.24) is 5.32 Å². The molecule has 0 spiro atoms. The quantitative estimate of drug-likeness (QED) is 0.885. The van der Waals surface area contributed by atoms with Gasteiger partial charge in [0.05, 0.1) is 6.10 Å². The van der Waals surface area contributed by atoms with Crippen LogP contribution in [0.5, 0.6) is 0 Å². The number of nitrogens with one attached hydrogen (secondary N) is 2. The Morgan fingerprint density at radius 1 is 1.40 bits per heavy atom. The van der Waals surface area contributed by atoms with Crippen molar-refractivity contribution in [3.05, 3.63) is 29.8 Å². The second-order valence-corrected chi connectivity index (χ2v) is 5.80. The summed E-state index contributed by atoms with van der Waals surface area (Å²) in [5.41, 5.74) is 2.44. The molecule has 3 unspecified atom stereocenters. The summed E-state index contributed by atoms with van der Waals surface area (Å²) in [5.74, 6) is 0.459. The SMILES string of the molecule is COC1CCC(NC(=O)CC2CNc3ccccc32)C1. The minimum Gasteiger partial charge on any atom is -0.384 e. The minimum atomic E-state index is 0.162. The zero-order valence-electron chi connectivity index (χ0n) is 11.9. The van der Waals surface area contributed by atoms with Crippen LogP contribution in [0.1, 0.15) is 37.2 Å². The number of para-hydroxylation sites is 1. The molecule has 2 N–H and O–H groups in total. The molecule has 1 heterocycles. The van der Waals surface area contributed by atoms with Gasteiger partial charge in [-0.1, -0.05) is 18.2 Å². The zero-order chi connectivity index (χ0) is 13.9. The smallest absolute Gasteiger partial charge is 0.220 e. The number of carbonyl (C=O) groups excluding carboxylic acids is 1. The van der Waals surface area contributed by atoms with Crippen LogP contribution in [0.3, 0.4) is 0 Å². The van der Waals surface area contributed by atoms with E-state index in [4.69, 9.17) is 4.74 Å². The summed E-state index contributed by atoms with van der Waals surface area (Å²) < 4.78 is 5.34. The standard InChI is InChI=1S/C16H22N2O2/c1-20-13-7-6-12(9-13)18-16(19)8-11-10-17-15-5-3-2-4-14(11)15/h2-5,11-13,17H,6-10H2,1H3,(H,18,19). The van der Waals surface area contributed by atoms with Crippen LogP contribution in [0.4, 0.5) is 5.69 Å².